The van der Waals surface area contributed by atoms with Gasteiger partial charge in [0.15, 0.2) is 0 Å². The van der Waals surface area contributed by atoms with E-state index in [-0.39, 0.29) is 11.8 Å². The number of benzene rings is 8. The van der Waals surface area contributed by atoms with Crippen molar-refractivity contribution < 1.29 is 37.2 Å². The van der Waals surface area contributed by atoms with Gasteiger partial charge in [0.25, 0.3) is 11.8 Å². The predicted octanol–water partition coefficient (Wildman–Crippen LogP) is 12.4. The Hall–Kier alpha value is -7.12. The first-order valence-corrected chi connectivity index (χ1v) is 21.3. The van der Waals surface area contributed by atoms with Gasteiger partial charge in [-0.2, -0.15) is 0 Å². The smallest absolute Gasteiger partial charge is 0.424 e. The number of hydrogen-bond acceptors (Lipinski definition) is 8. The molecule has 0 radical (unpaired) electrons. The molecule has 2 unspecified atom stereocenters. The molecule has 0 saturated carbocycles. The number of nitrogens with zero attached hydrogens (tertiary/aromatic N) is 2. The molecule has 12 heteroatoms. The highest BCUT2D eigenvalue weighted by atomic mass is 31.2. The third kappa shape index (κ3) is 6.56. The van der Waals surface area contributed by atoms with Gasteiger partial charge < -0.3 is 27.6 Å². The van der Waals surface area contributed by atoms with E-state index in [2.05, 4.69) is 0 Å². The van der Waals surface area contributed by atoms with Crippen LogP contribution in [0.3, 0.4) is 0 Å². The van der Waals surface area contributed by atoms with Crippen LogP contribution in [0.5, 0.6) is 34.5 Å². The van der Waals surface area contributed by atoms with Gasteiger partial charge in [-0.1, -0.05) is 84.9 Å². The number of carbonyl (C=O) groups is 2. The average Bonchev–Trinajstić information content (AvgIpc) is 3.29. The number of anilines is 2. The van der Waals surface area contributed by atoms with Gasteiger partial charge in [-0.25, -0.2) is 9.34 Å². The number of carbonyl (C=O) groups excluding carboxylic acids is 2. The molecule has 60 heavy (non-hydrogen) atoms. The lowest BCUT2D eigenvalue weighted by Crippen LogP contribution is -2.33. The van der Waals surface area contributed by atoms with Crippen LogP contribution in [0.15, 0.2) is 170 Å². The highest BCUT2D eigenvalue weighted by Crippen LogP contribution is 2.58. The van der Waals surface area contributed by atoms with Crippen molar-refractivity contribution in [3.63, 3.8) is 0 Å². The number of hydrogen-bond donors (Lipinski definition) is 0. The molecule has 0 saturated heterocycles. The molecule has 10 rings (SSSR count). The summed E-state index contributed by atoms with van der Waals surface area (Å²) in [6.07, 6.45) is 0. The van der Waals surface area contributed by atoms with Gasteiger partial charge in [0, 0.05) is 11.1 Å². The first-order chi connectivity index (χ1) is 29.5. The van der Waals surface area contributed by atoms with Crippen molar-refractivity contribution in [3.05, 3.63) is 181 Å². The van der Waals surface area contributed by atoms with E-state index in [1.54, 1.807) is 72.1 Å². The van der Waals surface area contributed by atoms with Gasteiger partial charge >= 0.3 is 17.1 Å². The minimum absolute atomic E-state index is 0.259. The van der Waals surface area contributed by atoms with Crippen LogP contribution < -0.4 is 36.9 Å². The van der Waals surface area contributed by atoms with E-state index in [0.717, 1.165) is 21.5 Å². The lowest BCUT2D eigenvalue weighted by Gasteiger charge is -2.35. The fourth-order valence-corrected chi connectivity index (χ4v) is 10.3. The average molecular weight is 829 g/mol. The van der Waals surface area contributed by atoms with Gasteiger partial charge in [-0.05, 0) is 106 Å². The maximum atomic E-state index is 14.4. The van der Waals surface area contributed by atoms with Gasteiger partial charge in [-0.15, -0.1) is 0 Å². The molecular formula is C48H34N2O8P2. The van der Waals surface area contributed by atoms with E-state index < -0.39 is 17.1 Å². The van der Waals surface area contributed by atoms with Gasteiger partial charge in [-0.3, -0.25) is 9.59 Å². The highest BCUT2D eigenvalue weighted by molar-refractivity contribution is 7.52. The zero-order valence-corrected chi connectivity index (χ0v) is 34.0. The molecule has 2 aliphatic rings. The number of fused-ring (bicyclic) bond motifs is 4. The lowest BCUT2D eigenvalue weighted by atomic mass is 9.92. The second kappa shape index (κ2) is 15.6. The Bertz CT molecular complexity index is 2740. The molecule has 2 atom stereocenters. The van der Waals surface area contributed by atoms with E-state index >= 15 is 0 Å². The van der Waals surface area contributed by atoms with E-state index in [1.165, 1.54) is 0 Å². The second-order valence-electron chi connectivity index (χ2n) is 13.8. The van der Waals surface area contributed by atoms with Crippen LogP contribution in [0.25, 0.3) is 32.7 Å². The van der Waals surface area contributed by atoms with Crippen LogP contribution in [0.1, 0.15) is 20.7 Å². The fourth-order valence-electron chi connectivity index (χ4n) is 7.40. The summed E-state index contributed by atoms with van der Waals surface area (Å²) in [5.41, 5.74) is 3.43. The number of amides is 2. The minimum Gasteiger partial charge on any atom is -0.497 e. The van der Waals surface area contributed by atoms with Crippen molar-refractivity contribution in [2.75, 3.05) is 23.6 Å². The fraction of sp³-hybridized carbons (Fsp3) is 0.0417. The van der Waals surface area contributed by atoms with Crippen molar-refractivity contribution in [2.45, 2.75) is 0 Å². The summed E-state index contributed by atoms with van der Waals surface area (Å²) in [7, 11) is -1.04. The minimum atomic E-state index is -2.12. The van der Waals surface area contributed by atoms with Crippen molar-refractivity contribution in [3.8, 4) is 45.6 Å². The summed E-state index contributed by atoms with van der Waals surface area (Å²) in [4.78, 5) is 28.7. The monoisotopic (exact) mass is 828 g/mol. The van der Waals surface area contributed by atoms with E-state index in [9.17, 15) is 9.59 Å². The first kappa shape index (κ1) is 37.2. The van der Waals surface area contributed by atoms with Crippen molar-refractivity contribution >= 4 is 61.8 Å². The largest absolute Gasteiger partial charge is 0.497 e. The van der Waals surface area contributed by atoms with Crippen molar-refractivity contribution in [1.29, 1.82) is 0 Å². The number of para-hydroxylation sites is 2. The predicted molar refractivity (Wildman–Crippen MR) is 236 cm³/mol. The van der Waals surface area contributed by atoms with Crippen LogP contribution in [0.4, 0.5) is 11.4 Å². The van der Waals surface area contributed by atoms with Gasteiger partial charge in [0.2, 0.25) is 0 Å². The summed E-state index contributed by atoms with van der Waals surface area (Å²) >= 11 is 0. The molecule has 0 bridgehead atoms. The van der Waals surface area contributed by atoms with Crippen LogP contribution in [-0.2, 0) is 0 Å². The van der Waals surface area contributed by atoms with Crippen LogP contribution in [0.2, 0.25) is 0 Å². The molecule has 294 valence electrons. The third-order valence-corrected chi connectivity index (χ3v) is 13.2. The Labute approximate surface area is 348 Å². The number of ether oxygens (including phenoxy) is 2. The molecule has 0 aliphatic carbocycles. The number of methoxy groups -OCH3 is 2. The topological polar surface area (TPSA) is 96.0 Å². The molecule has 2 amide bonds. The molecule has 10 nitrogen and oxygen atoms in total. The summed E-state index contributed by atoms with van der Waals surface area (Å²) < 4.78 is 41.3. The Morgan fingerprint density at radius 1 is 0.433 bits per heavy atom. The molecule has 0 N–H and O–H groups in total. The maximum Gasteiger partial charge on any atom is 0.424 e. The molecule has 8 aromatic rings. The van der Waals surface area contributed by atoms with Gasteiger partial charge in [0.1, 0.15) is 34.5 Å². The molecule has 2 heterocycles. The molecule has 0 aromatic heterocycles. The van der Waals surface area contributed by atoms with Crippen molar-refractivity contribution in [1.82, 2.24) is 0 Å². The molecular weight excluding hydrogens is 794 g/mol. The van der Waals surface area contributed by atoms with E-state index in [0.29, 0.717) is 68.1 Å². The SMILES string of the molecule is COc1ccc(N2C(=O)c3ccccc3OP2Oc2ccc3ccccc3c2-c2c(OP3Oc4ccccc4C(=O)N3c3ccc(OC)cc3)ccc3ccccc23)cc1. The Morgan fingerprint density at radius 3 is 1.23 bits per heavy atom. The Kier molecular flexibility index (Phi) is 9.64. The molecule has 0 spiro atoms. The lowest BCUT2D eigenvalue weighted by molar-refractivity contribution is 0.0986. The highest BCUT2D eigenvalue weighted by Gasteiger charge is 2.42. The Morgan fingerprint density at radius 2 is 0.817 bits per heavy atom. The summed E-state index contributed by atoms with van der Waals surface area (Å²) in [6.45, 7) is 0. The zero-order chi connectivity index (χ0) is 40.7. The Balaban J connectivity index is 1.15. The molecule has 0 fully saturated rings. The number of rotatable bonds is 9. The third-order valence-electron chi connectivity index (χ3n) is 10.3. The van der Waals surface area contributed by atoms with Crippen LogP contribution >= 0.6 is 17.1 Å². The van der Waals surface area contributed by atoms with E-state index in [1.807, 2.05) is 121 Å². The second-order valence-corrected chi connectivity index (χ2v) is 16.3. The molecule has 2 aliphatic heterocycles. The van der Waals surface area contributed by atoms with Gasteiger partial charge in [0.05, 0.1) is 36.7 Å². The zero-order valence-electron chi connectivity index (χ0n) is 32.2. The quantitative estimate of drug-likeness (QED) is 0.133. The molecule has 8 aromatic carbocycles. The van der Waals surface area contributed by atoms with Crippen LogP contribution in [0, 0.1) is 0 Å². The standard InChI is InChI=1S/C48H34N2O8P2/c1-53-35-25-21-33(22-26-35)49-47(51)39-15-7-9-17-41(39)55-59(49)57-43-29-19-31-11-3-5-13-37(31)45(43)46-38-14-6-4-12-32(38)20-30-44(46)58-60-50(34-23-27-36(54-2)28-24-34)48(52)40-16-8-10-18-42(40)56-60/h3-30H,1-2H3. The van der Waals surface area contributed by atoms with E-state index in [4.69, 9.17) is 27.6 Å². The normalized spacial score (nSPS) is 15.8. The van der Waals surface area contributed by atoms with Crippen molar-refractivity contribution in [2.24, 2.45) is 0 Å². The van der Waals surface area contributed by atoms with Crippen LogP contribution in [-0.4, -0.2) is 26.0 Å². The maximum absolute atomic E-state index is 14.4. The summed E-state index contributed by atoms with van der Waals surface area (Å²) in [6, 6.07) is 52.6. The summed E-state index contributed by atoms with van der Waals surface area (Å²) in [5.74, 6) is 2.54. The summed E-state index contributed by atoms with van der Waals surface area (Å²) in [5, 5.41) is 3.65. The first-order valence-electron chi connectivity index (χ1n) is 19.0.